The number of guanidine groups is 1. The maximum absolute atomic E-state index is 13.1. The van der Waals surface area contributed by atoms with Gasteiger partial charge in [0, 0.05) is 24.8 Å². The number of benzene rings is 1. The van der Waals surface area contributed by atoms with E-state index in [9.17, 15) is 13.6 Å². The molecule has 0 aliphatic carbocycles. The Morgan fingerprint density at radius 2 is 1.85 bits per heavy atom. The highest BCUT2D eigenvalue weighted by atomic mass is 19.2. The van der Waals surface area contributed by atoms with Gasteiger partial charge >= 0.3 is 6.03 Å². The molecule has 0 aliphatic rings. The van der Waals surface area contributed by atoms with Crippen molar-refractivity contribution in [3.8, 4) is 0 Å². The van der Waals surface area contributed by atoms with Crippen LogP contribution < -0.4 is 22.1 Å². The summed E-state index contributed by atoms with van der Waals surface area (Å²) in [6.45, 7) is 0.688. The van der Waals surface area contributed by atoms with Gasteiger partial charge in [-0.1, -0.05) is 0 Å². The number of rotatable bonds is 6. The van der Waals surface area contributed by atoms with E-state index >= 15 is 0 Å². The highest BCUT2D eigenvalue weighted by molar-refractivity contribution is 5.90. The Bertz CT molecular complexity index is 503. The third-order valence-corrected chi connectivity index (χ3v) is 2.57. The first-order chi connectivity index (χ1) is 9.41. The average Bonchev–Trinajstić information content (AvgIpc) is 2.36. The van der Waals surface area contributed by atoms with Gasteiger partial charge in [0.1, 0.15) is 0 Å². The highest BCUT2D eigenvalue weighted by Gasteiger charge is 2.14. The number of urea groups is 1. The lowest BCUT2D eigenvalue weighted by Crippen LogP contribution is -2.36. The summed E-state index contributed by atoms with van der Waals surface area (Å²) in [6, 6.07) is 2.42. The normalized spacial score (nSPS) is 10.1. The van der Waals surface area contributed by atoms with Crippen LogP contribution in [-0.2, 0) is 0 Å². The topological polar surface area (TPSA) is 111 Å². The van der Waals surface area contributed by atoms with Gasteiger partial charge in [-0.3, -0.25) is 9.89 Å². The Kier molecular flexibility index (Phi) is 5.70. The molecular weight excluding hydrogens is 268 g/mol. The number of nitrogens with zero attached hydrogens (tertiary/aromatic N) is 2. The molecule has 6 N–H and O–H groups in total. The standard InChI is InChI=1S/C12H17F2N5O/c13-9-4-3-8(7-10(9)14)19(12(17)20)6-2-1-5-18-11(15)16/h3-4,7H,1-2,5-6H2,(H2,17,20)(H4,15,16,18). The number of halogens is 2. The number of aliphatic imine (C=N–C) groups is 1. The summed E-state index contributed by atoms with van der Waals surface area (Å²) in [6.07, 6.45) is 1.20. The monoisotopic (exact) mass is 285 g/mol. The van der Waals surface area contributed by atoms with E-state index in [0.29, 0.717) is 19.4 Å². The Morgan fingerprint density at radius 1 is 1.15 bits per heavy atom. The molecule has 0 unspecified atom stereocenters. The van der Waals surface area contributed by atoms with Crippen molar-refractivity contribution in [2.45, 2.75) is 12.8 Å². The fourth-order valence-electron chi connectivity index (χ4n) is 1.61. The summed E-state index contributed by atoms with van der Waals surface area (Å²) in [5.41, 5.74) is 15.8. The first-order valence-corrected chi connectivity index (χ1v) is 5.99. The number of hydrogen-bond acceptors (Lipinski definition) is 2. The van der Waals surface area contributed by atoms with Gasteiger partial charge in [0.05, 0.1) is 0 Å². The number of carbonyl (C=O) groups excluding carboxylic acids is 1. The Morgan fingerprint density at radius 3 is 2.40 bits per heavy atom. The summed E-state index contributed by atoms with van der Waals surface area (Å²) >= 11 is 0. The van der Waals surface area contributed by atoms with Gasteiger partial charge in [-0.05, 0) is 25.0 Å². The van der Waals surface area contributed by atoms with E-state index in [1.807, 2.05) is 0 Å². The minimum Gasteiger partial charge on any atom is -0.370 e. The van der Waals surface area contributed by atoms with Gasteiger partial charge in [-0.15, -0.1) is 0 Å². The molecule has 0 atom stereocenters. The molecule has 6 nitrogen and oxygen atoms in total. The number of nitrogens with two attached hydrogens (primary N) is 3. The molecule has 0 fully saturated rings. The van der Waals surface area contributed by atoms with Crippen molar-refractivity contribution < 1.29 is 13.6 Å². The zero-order valence-electron chi connectivity index (χ0n) is 10.9. The van der Waals surface area contributed by atoms with Crippen molar-refractivity contribution in [3.63, 3.8) is 0 Å². The van der Waals surface area contributed by atoms with Crippen LogP contribution in [0.1, 0.15) is 12.8 Å². The molecule has 0 saturated heterocycles. The molecule has 0 heterocycles. The number of primary amides is 1. The lowest BCUT2D eigenvalue weighted by Gasteiger charge is -2.20. The summed E-state index contributed by atoms with van der Waals surface area (Å²) in [4.78, 5) is 16.3. The molecule has 8 heteroatoms. The maximum Gasteiger partial charge on any atom is 0.319 e. The molecule has 0 saturated carbocycles. The molecule has 1 aromatic carbocycles. The number of anilines is 1. The summed E-state index contributed by atoms with van der Waals surface area (Å²) < 4.78 is 26.0. The predicted octanol–water partition coefficient (Wildman–Crippen LogP) is 0.903. The first kappa shape index (κ1) is 15.7. The second-order valence-electron chi connectivity index (χ2n) is 4.10. The predicted molar refractivity (Wildman–Crippen MR) is 73.2 cm³/mol. The molecule has 1 aromatic rings. The Balaban J connectivity index is 2.63. The van der Waals surface area contributed by atoms with E-state index < -0.39 is 17.7 Å². The second-order valence-corrected chi connectivity index (χ2v) is 4.10. The number of hydrogen-bond donors (Lipinski definition) is 3. The lowest BCUT2D eigenvalue weighted by molar-refractivity contribution is 0.253. The summed E-state index contributed by atoms with van der Waals surface area (Å²) in [5.74, 6) is -2.02. The molecule has 2 amide bonds. The van der Waals surface area contributed by atoms with Crippen LogP contribution in [0.5, 0.6) is 0 Å². The van der Waals surface area contributed by atoms with Crippen LogP contribution in [0.3, 0.4) is 0 Å². The van der Waals surface area contributed by atoms with Crippen LogP contribution >= 0.6 is 0 Å². The molecule has 0 radical (unpaired) electrons. The molecule has 0 bridgehead atoms. The summed E-state index contributed by atoms with van der Waals surface area (Å²) in [5, 5.41) is 0. The fraction of sp³-hybridized carbons (Fsp3) is 0.333. The molecule has 0 spiro atoms. The van der Waals surface area contributed by atoms with Crippen molar-refractivity contribution in [3.05, 3.63) is 29.8 Å². The third-order valence-electron chi connectivity index (χ3n) is 2.57. The van der Waals surface area contributed by atoms with E-state index in [1.165, 1.54) is 6.07 Å². The third kappa shape index (κ3) is 4.71. The Hall–Kier alpha value is -2.38. The van der Waals surface area contributed by atoms with E-state index in [0.717, 1.165) is 17.0 Å². The quantitative estimate of drug-likeness (QED) is 0.410. The van der Waals surface area contributed by atoms with Gasteiger partial charge < -0.3 is 17.2 Å². The van der Waals surface area contributed by atoms with E-state index in [-0.39, 0.29) is 18.2 Å². The van der Waals surface area contributed by atoms with Gasteiger partial charge in [0.2, 0.25) is 0 Å². The van der Waals surface area contributed by atoms with Gasteiger partial charge in [-0.2, -0.15) is 0 Å². The van der Waals surface area contributed by atoms with Crippen molar-refractivity contribution in [2.24, 2.45) is 22.2 Å². The average molecular weight is 285 g/mol. The van der Waals surface area contributed by atoms with Crippen molar-refractivity contribution >= 4 is 17.7 Å². The largest absolute Gasteiger partial charge is 0.370 e. The molecule has 0 aliphatic heterocycles. The molecule has 20 heavy (non-hydrogen) atoms. The van der Waals surface area contributed by atoms with E-state index in [4.69, 9.17) is 17.2 Å². The van der Waals surface area contributed by atoms with Crippen LogP contribution in [0.2, 0.25) is 0 Å². The fourth-order valence-corrected chi connectivity index (χ4v) is 1.61. The SMILES string of the molecule is NC(=O)N(CCCCN=C(N)N)c1ccc(F)c(F)c1. The Labute approximate surface area is 115 Å². The van der Waals surface area contributed by atoms with Gasteiger partial charge in [0.15, 0.2) is 17.6 Å². The number of amides is 2. The van der Waals surface area contributed by atoms with Crippen LogP contribution in [0.4, 0.5) is 19.3 Å². The zero-order chi connectivity index (χ0) is 15.1. The van der Waals surface area contributed by atoms with Crippen LogP contribution in [0.15, 0.2) is 23.2 Å². The molecule has 0 aromatic heterocycles. The summed E-state index contributed by atoms with van der Waals surface area (Å²) in [7, 11) is 0. The number of carbonyl (C=O) groups is 1. The van der Waals surface area contributed by atoms with Gasteiger partial charge in [-0.25, -0.2) is 13.6 Å². The number of unbranched alkanes of at least 4 members (excludes halogenated alkanes) is 1. The van der Waals surface area contributed by atoms with Crippen LogP contribution in [0.25, 0.3) is 0 Å². The molecule has 1 rings (SSSR count). The van der Waals surface area contributed by atoms with Gasteiger partial charge in [0.25, 0.3) is 0 Å². The minimum absolute atomic E-state index is 0.00244. The van der Waals surface area contributed by atoms with Crippen molar-refractivity contribution in [1.29, 1.82) is 0 Å². The zero-order valence-corrected chi connectivity index (χ0v) is 10.9. The highest BCUT2D eigenvalue weighted by Crippen LogP contribution is 2.18. The van der Waals surface area contributed by atoms with Crippen molar-refractivity contribution in [2.75, 3.05) is 18.0 Å². The maximum atomic E-state index is 13.1. The van der Waals surface area contributed by atoms with Crippen LogP contribution in [-0.4, -0.2) is 25.1 Å². The van der Waals surface area contributed by atoms with Crippen molar-refractivity contribution in [1.82, 2.24) is 0 Å². The second kappa shape index (κ2) is 7.27. The molecular formula is C12H17F2N5O. The first-order valence-electron chi connectivity index (χ1n) is 5.99. The van der Waals surface area contributed by atoms with Crippen LogP contribution in [0, 0.1) is 11.6 Å². The molecule has 110 valence electrons. The van der Waals surface area contributed by atoms with E-state index in [1.54, 1.807) is 0 Å². The van der Waals surface area contributed by atoms with E-state index in [2.05, 4.69) is 4.99 Å². The minimum atomic E-state index is -1.03. The smallest absolute Gasteiger partial charge is 0.319 e. The lowest BCUT2D eigenvalue weighted by atomic mass is 10.2.